The van der Waals surface area contributed by atoms with Crippen molar-refractivity contribution in [3.05, 3.63) is 30.1 Å². The third kappa shape index (κ3) is 5.44. The van der Waals surface area contributed by atoms with Gasteiger partial charge < -0.3 is 20.3 Å². The largest absolute Gasteiger partial charge is 0.491 e. The van der Waals surface area contributed by atoms with Crippen LogP contribution in [0.3, 0.4) is 0 Å². The smallest absolute Gasteiger partial charge is 0.123 e. The average molecular weight is 257 g/mol. The second kappa shape index (κ2) is 6.68. The molecule has 4 nitrogen and oxygen atoms in total. The van der Waals surface area contributed by atoms with E-state index >= 15 is 0 Å². The third-order valence-electron chi connectivity index (χ3n) is 2.47. The van der Waals surface area contributed by atoms with Gasteiger partial charge in [0.15, 0.2) is 0 Å². The van der Waals surface area contributed by atoms with Crippen molar-refractivity contribution >= 4 is 0 Å². The Morgan fingerprint density at radius 2 is 1.94 bits per heavy atom. The van der Waals surface area contributed by atoms with Crippen molar-refractivity contribution in [3.8, 4) is 5.75 Å². The summed E-state index contributed by atoms with van der Waals surface area (Å²) in [5.74, 6) is 0.186. The number of β-amino-alcohol motifs (C(OH)–C–C–N with tert-alkyl or cyclic N) is 1. The Labute approximate surface area is 106 Å². The van der Waals surface area contributed by atoms with Gasteiger partial charge in [-0.3, -0.25) is 0 Å². The first kappa shape index (κ1) is 14.9. The fourth-order valence-electron chi connectivity index (χ4n) is 1.23. The summed E-state index contributed by atoms with van der Waals surface area (Å²) in [4.78, 5) is 0. The number of hydrogen-bond acceptors (Lipinski definition) is 4. The normalized spacial score (nSPS) is 13.4. The highest BCUT2D eigenvalue weighted by molar-refractivity contribution is 5.22. The van der Waals surface area contributed by atoms with Gasteiger partial charge in [-0.2, -0.15) is 0 Å². The van der Waals surface area contributed by atoms with Crippen LogP contribution in [-0.2, 0) is 0 Å². The van der Waals surface area contributed by atoms with E-state index in [9.17, 15) is 9.50 Å². The number of rotatable bonds is 7. The summed E-state index contributed by atoms with van der Waals surface area (Å²) in [6, 6.07) is 5.62. The summed E-state index contributed by atoms with van der Waals surface area (Å²) in [5, 5.41) is 21.7. The predicted octanol–water partition coefficient (Wildman–Crippen LogP) is 0.926. The van der Waals surface area contributed by atoms with E-state index in [1.165, 1.54) is 24.3 Å². The van der Waals surface area contributed by atoms with Crippen LogP contribution in [0.25, 0.3) is 0 Å². The predicted molar refractivity (Wildman–Crippen MR) is 67.1 cm³/mol. The Hall–Kier alpha value is -1.17. The lowest BCUT2D eigenvalue weighted by Crippen LogP contribution is -2.47. The van der Waals surface area contributed by atoms with E-state index in [1.807, 2.05) is 13.8 Å². The highest BCUT2D eigenvalue weighted by Gasteiger charge is 2.17. The second-order valence-electron chi connectivity index (χ2n) is 4.84. The van der Waals surface area contributed by atoms with Crippen molar-refractivity contribution in [3.63, 3.8) is 0 Å². The van der Waals surface area contributed by atoms with Gasteiger partial charge in [-0.25, -0.2) is 4.39 Å². The number of nitrogens with one attached hydrogen (secondary N) is 1. The Balaban J connectivity index is 2.29. The highest BCUT2D eigenvalue weighted by Crippen LogP contribution is 2.11. The van der Waals surface area contributed by atoms with Crippen LogP contribution in [0.5, 0.6) is 5.75 Å². The van der Waals surface area contributed by atoms with Crippen LogP contribution >= 0.6 is 0 Å². The zero-order valence-corrected chi connectivity index (χ0v) is 10.7. The van der Waals surface area contributed by atoms with Gasteiger partial charge in [0, 0.05) is 12.1 Å². The fraction of sp³-hybridized carbons (Fsp3) is 0.538. The van der Waals surface area contributed by atoms with Crippen LogP contribution in [0.2, 0.25) is 0 Å². The van der Waals surface area contributed by atoms with E-state index in [2.05, 4.69) is 5.32 Å². The van der Waals surface area contributed by atoms with Crippen LogP contribution in [0.15, 0.2) is 24.3 Å². The zero-order valence-electron chi connectivity index (χ0n) is 10.7. The maximum atomic E-state index is 12.6. The SMILES string of the molecule is CC(C)(CO)NC[C@H](O)COc1ccc(F)cc1. The van der Waals surface area contributed by atoms with Crippen LogP contribution < -0.4 is 10.1 Å². The molecule has 0 spiro atoms. The van der Waals surface area contributed by atoms with Gasteiger partial charge in [0.25, 0.3) is 0 Å². The summed E-state index contributed by atoms with van der Waals surface area (Å²) < 4.78 is 17.9. The molecule has 1 atom stereocenters. The Morgan fingerprint density at radius 3 is 2.50 bits per heavy atom. The number of aliphatic hydroxyl groups is 2. The van der Waals surface area contributed by atoms with Crippen molar-refractivity contribution in [1.29, 1.82) is 0 Å². The first-order valence-electron chi connectivity index (χ1n) is 5.85. The molecule has 0 bridgehead atoms. The molecule has 0 fully saturated rings. The summed E-state index contributed by atoms with van der Waals surface area (Å²) in [6.07, 6.45) is -0.694. The molecule has 0 saturated carbocycles. The van der Waals surface area contributed by atoms with Crippen molar-refractivity contribution in [1.82, 2.24) is 5.32 Å². The minimum absolute atomic E-state index is 0.0153. The van der Waals surface area contributed by atoms with Crippen molar-refractivity contribution in [2.75, 3.05) is 19.8 Å². The molecule has 0 aliphatic carbocycles. The molecule has 1 aromatic rings. The van der Waals surface area contributed by atoms with E-state index in [-0.39, 0.29) is 19.0 Å². The van der Waals surface area contributed by atoms with Crippen molar-refractivity contribution < 1.29 is 19.3 Å². The standard InChI is InChI=1S/C13H20FNO3/c1-13(2,9-16)15-7-11(17)8-18-12-5-3-10(14)4-6-12/h3-6,11,15-17H,7-9H2,1-2H3/t11-/m0/s1. The van der Waals surface area contributed by atoms with E-state index in [1.54, 1.807) is 0 Å². The zero-order chi connectivity index (χ0) is 13.6. The van der Waals surface area contributed by atoms with Crippen molar-refractivity contribution in [2.45, 2.75) is 25.5 Å². The quantitative estimate of drug-likeness (QED) is 0.680. The first-order chi connectivity index (χ1) is 8.43. The molecule has 0 aromatic heterocycles. The molecule has 0 heterocycles. The second-order valence-corrected chi connectivity index (χ2v) is 4.84. The molecule has 0 radical (unpaired) electrons. The molecule has 0 saturated heterocycles. The van der Waals surface area contributed by atoms with Gasteiger partial charge >= 0.3 is 0 Å². The fourth-order valence-corrected chi connectivity index (χ4v) is 1.23. The maximum absolute atomic E-state index is 12.6. The monoisotopic (exact) mass is 257 g/mol. The number of aliphatic hydroxyl groups excluding tert-OH is 2. The number of hydrogen-bond donors (Lipinski definition) is 3. The van der Waals surface area contributed by atoms with Gasteiger partial charge in [-0.05, 0) is 38.1 Å². The van der Waals surface area contributed by atoms with E-state index < -0.39 is 11.6 Å². The minimum Gasteiger partial charge on any atom is -0.491 e. The summed E-state index contributed by atoms with van der Waals surface area (Å²) in [6.45, 7) is 4.08. The van der Waals surface area contributed by atoms with Gasteiger partial charge in [0.05, 0.1) is 6.61 Å². The third-order valence-corrected chi connectivity index (χ3v) is 2.47. The Morgan fingerprint density at radius 1 is 1.33 bits per heavy atom. The molecule has 1 aromatic carbocycles. The lowest BCUT2D eigenvalue weighted by molar-refractivity contribution is 0.0906. The molecule has 102 valence electrons. The van der Waals surface area contributed by atoms with Crippen LogP contribution in [0.1, 0.15) is 13.8 Å². The summed E-state index contributed by atoms with van der Waals surface area (Å²) >= 11 is 0. The molecular weight excluding hydrogens is 237 g/mol. The van der Waals surface area contributed by atoms with Gasteiger partial charge in [-0.1, -0.05) is 0 Å². The molecule has 3 N–H and O–H groups in total. The van der Waals surface area contributed by atoms with Crippen LogP contribution in [0, 0.1) is 5.82 Å². The van der Waals surface area contributed by atoms with Gasteiger partial charge in [0.1, 0.15) is 24.3 Å². The Bertz CT molecular complexity index is 354. The van der Waals surface area contributed by atoms with E-state index in [4.69, 9.17) is 9.84 Å². The topological polar surface area (TPSA) is 61.7 Å². The van der Waals surface area contributed by atoms with Crippen LogP contribution in [-0.4, -0.2) is 41.6 Å². The molecular formula is C13H20FNO3. The molecule has 1 rings (SSSR count). The molecule has 0 aliphatic rings. The summed E-state index contributed by atoms with van der Waals surface area (Å²) in [7, 11) is 0. The first-order valence-corrected chi connectivity index (χ1v) is 5.85. The molecule has 18 heavy (non-hydrogen) atoms. The van der Waals surface area contributed by atoms with Crippen LogP contribution in [0.4, 0.5) is 4.39 Å². The van der Waals surface area contributed by atoms with Gasteiger partial charge in [-0.15, -0.1) is 0 Å². The lowest BCUT2D eigenvalue weighted by atomic mass is 10.1. The van der Waals surface area contributed by atoms with Gasteiger partial charge in [0.2, 0.25) is 0 Å². The summed E-state index contributed by atoms with van der Waals surface area (Å²) in [5.41, 5.74) is -0.434. The van der Waals surface area contributed by atoms with E-state index in [0.29, 0.717) is 12.3 Å². The lowest BCUT2D eigenvalue weighted by Gasteiger charge is -2.25. The Kier molecular flexibility index (Phi) is 5.53. The molecule has 0 amide bonds. The van der Waals surface area contributed by atoms with Crippen molar-refractivity contribution in [2.24, 2.45) is 0 Å². The molecule has 0 aliphatic heterocycles. The number of benzene rings is 1. The molecule has 0 unspecified atom stereocenters. The van der Waals surface area contributed by atoms with E-state index in [0.717, 1.165) is 0 Å². The average Bonchev–Trinajstić information content (AvgIpc) is 2.36. The highest BCUT2D eigenvalue weighted by atomic mass is 19.1. The number of halogens is 1. The maximum Gasteiger partial charge on any atom is 0.123 e. The number of ether oxygens (including phenoxy) is 1. The minimum atomic E-state index is -0.694. The molecule has 5 heteroatoms.